The number of nitrogens with zero attached hydrogens (tertiary/aromatic N) is 5. The van der Waals surface area contributed by atoms with Gasteiger partial charge in [0.1, 0.15) is 0 Å². The summed E-state index contributed by atoms with van der Waals surface area (Å²) in [4.78, 5) is 28.4. The predicted molar refractivity (Wildman–Crippen MR) is 127 cm³/mol. The topological polar surface area (TPSA) is 64.6 Å². The Morgan fingerprint density at radius 3 is 2.79 bits per heavy atom. The van der Waals surface area contributed by atoms with Gasteiger partial charge >= 0.3 is 6.03 Å². The van der Waals surface area contributed by atoms with Gasteiger partial charge in [-0.25, -0.2) is 14.2 Å². The molecule has 8 heteroatoms. The lowest BCUT2D eigenvalue weighted by Gasteiger charge is -2.36. The van der Waals surface area contributed by atoms with Gasteiger partial charge < -0.3 is 15.1 Å². The monoisotopic (exact) mass is 444 g/mol. The molecule has 1 N–H and O–H groups in total. The molecule has 0 aliphatic carbocycles. The van der Waals surface area contributed by atoms with Crippen molar-refractivity contribution in [3.05, 3.63) is 60.7 Å². The van der Waals surface area contributed by atoms with Crippen LogP contribution in [0, 0.1) is 5.82 Å². The van der Waals surface area contributed by atoms with E-state index in [1.807, 2.05) is 6.07 Å². The normalized spacial score (nSPS) is 19.1. The average molecular weight is 445 g/mol. The number of rotatable bonds is 3. The first-order valence-corrected chi connectivity index (χ1v) is 11.5. The number of aromatic nitrogens is 2. The molecule has 0 saturated carbocycles. The predicted octanol–water partition coefficient (Wildman–Crippen LogP) is 4.51. The van der Waals surface area contributed by atoms with Crippen LogP contribution in [0.4, 0.5) is 32.1 Å². The van der Waals surface area contributed by atoms with E-state index in [1.54, 1.807) is 4.90 Å². The first kappa shape index (κ1) is 20.0. The average Bonchev–Trinajstić information content (AvgIpc) is 3.52. The van der Waals surface area contributed by atoms with E-state index in [4.69, 9.17) is 4.98 Å². The van der Waals surface area contributed by atoms with Crippen molar-refractivity contribution in [1.82, 2.24) is 9.97 Å². The van der Waals surface area contributed by atoms with Gasteiger partial charge in [-0.15, -0.1) is 0 Å². The highest BCUT2D eigenvalue weighted by Gasteiger charge is 2.40. The number of benzene rings is 1. The molecule has 0 spiro atoms. The first-order valence-electron chi connectivity index (χ1n) is 11.5. The third kappa shape index (κ3) is 3.55. The Kier molecular flexibility index (Phi) is 4.86. The quantitative estimate of drug-likeness (QED) is 0.644. The van der Waals surface area contributed by atoms with Crippen LogP contribution < -0.4 is 20.0 Å². The summed E-state index contributed by atoms with van der Waals surface area (Å²) >= 11 is 0. The van der Waals surface area contributed by atoms with Crippen LogP contribution in [0.3, 0.4) is 0 Å². The van der Waals surface area contributed by atoms with Gasteiger partial charge in [-0.1, -0.05) is 12.1 Å². The number of carbonyl (C=O) groups is 1. The Bertz CT molecular complexity index is 1210. The van der Waals surface area contributed by atoms with E-state index in [0.717, 1.165) is 55.7 Å². The maximum absolute atomic E-state index is 14.1. The van der Waals surface area contributed by atoms with Crippen LogP contribution in [0.2, 0.25) is 0 Å². The summed E-state index contributed by atoms with van der Waals surface area (Å²) in [5, 5.41) is 2.72. The van der Waals surface area contributed by atoms with Gasteiger partial charge in [0, 0.05) is 43.6 Å². The van der Waals surface area contributed by atoms with Crippen molar-refractivity contribution in [1.29, 1.82) is 0 Å². The van der Waals surface area contributed by atoms with Crippen LogP contribution in [0.25, 0.3) is 11.3 Å². The summed E-state index contributed by atoms with van der Waals surface area (Å²) in [5.41, 5.74) is 4.11. The molecule has 2 bridgehead atoms. The summed E-state index contributed by atoms with van der Waals surface area (Å²) in [7, 11) is 0. The van der Waals surface area contributed by atoms with Crippen molar-refractivity contribution in [2.45, 2.75) is 25.3 Å². The zero-order chi connectivity index (χ0) is 22.4. The molecule has 6 rings (SSSR count). The van der Waals surface area contributed by atoms with Gasteiger partial charge in [0.25, 0.3) is 0 Å². The molecule has 1 aromatic carbocycles. The van der Waals surface area contributed by atoms with E-state index in [1.165, 1.54) is 30.8 Å². The van der Waals surface area contributed by atoms with E-state index in [9.17, 15) is 9.18 Å². The molecule has 2 amide bonds. The number of urea groups is 1. The second-order valence-electron chi connectivity index (χ2n) is 8.83. The Morgan fingerprint density at radius 1 is 1.06 bits per heavy atom. The van der Waals surface area contributed by atoms with E-state index in [-0.39, 0.29) is 17.8 Å². The van der Waals surface area contributed by atoms with Crippen molar-refractivity contribution >= 4 is 28.9 Å². The smallest absolute Gasteiger partial charge is 0.327 e. The number of hydrogen-bond acceptors (Lipinski definition) is 5. The number of pyridine rings is 2. The summed E-state index contributed by atoms with van der Waals surface area (Å²) in [6.07, 6.45) is 5.86. The molecule has 0 radical (unpaired) electrons. The summed E-state index contributed by atoms with van der Waals surface area (Å²) in [5.74, 6) is 0.0661. The fraction of sp³-hybridized carbons (Fsp3) is 0.320. The van der Waals surface area contributed by atoms with Crippen molar-refractivity contribution < 1.29 is 9.18 Å². The standard InChI is InChI=1S/C25H25FN6O/c26-20-15-27-10-8-22(20)29-25(33)32-19-9-13-31(16-19)23-7-6-21(28-24(23)32)17-4-3-5-18(14-17)30-11-1-2-12-30/h3-8,10,14-15,19H,1-2,9,11-13,16H2,(H,27,29,33)/t19-/m0/s1. The summed E-state index contributed by atoms with van der Waals surface area (Å²) in [6.45, 7) is 3.79. The highest BCUT2D eigenvalue weighted by molar-refractivity contribution is 6.04. The SMILES string of the molecule is O=C(Nc1ccncc1F)N1c2nc(-c3cccc(N4CCCC4)c3)ccc2N2CC[C@H]1C2. The van der Waals surface area contributed by atoms with Crippen LogP contribution >= 0.6 is 0 Å². The molecule has 168 valence electrons. The lowest BCUT2D eigenvalue weighted by Crippen LogP contribution is -2.48. The highest BCUT2D eigenvalue weighted by Crippen LogP contribution is 2.40. The second kappa shape index (κ2) is 8.03. The summed E-state index contributed by atoms with van der Waals surface area (Å²) < 4.78 is 14.1. The van der Waals surface area contributed by atoms with Crippen LogP contribution in [-0.4, -0.2) is 48.2 Å². The Hall–Kier alpha value is -3.68. The molecule has 3 aliphatic heterocycles. The number of carbonyl (C=O) groups excluding carboxylic acids is 1. The lowest BCUT2D eigenvalue weighted by molar-refractivity contribution is 0.254. The van der Waals surface area contributed by atoms with Crippen LogP contribution in [0.1, 0.15) is 19.3 Å². The molecule has 7 nitrogen and oxygen atoms in total. The Balaban J connectivity index is 1.36. The third-order valence-electron chi connectivity index (χ3n) is 6.80. The maximum atomic E-state index is 14.1. The molecule has 3 aromatic rings. The first-order chi connectivity index (χ1) is 16.2. The van der Waals surface area contributed by atoms with Crippen molar-refractivity contribution in [3.8, 4) is 11.3 Å². The maximum Gasteiger partial charge on any atom is 0.327 e. The molecular formula is C25H25FN6O. The van der Waals surface area contributed by atoms with Gasteiger partial charge in [0.15, 0.2) is 11.6 Å². The minimum atomic E-state index is -0.559. The van der Waals surface area contributed by atoms with Crippen molar-refractivity contribution in [2.24, 2.45) is 0 Å². The number of halogens is 1. The van der Waals surface area contributed by atoms with E-state index >= 15 is 0 Å². The number of fused-ring (bicyclic) bond motifs is 4. The van der Waals surface area contributed by atoms with Gasteiger partial charge in [0.05, 0.1) is 29.3 Å². The fourth-order valence-corrected chi connectivity index (χ4v) is 5.12. The van der Waals surface area contributed by atoms with Gasteiger partial charge in [-0.2, -0.15) is 0 Å². The van der Waals surface area contributed by atoms with E-state index in [0.29, 0.717) is 5.82 Å². The van der Waals surface area contributed by atoms with Crippen molar-refractivity contribution in [3.63, 3.8) is 0 Å². The minimum absolute atomic E-state index is 0.00100. The molecule has 3 aliphatic rings. The Labute approximate surface area is 191 Å². The van der Waals surface area contributed by atoms with Crippen LogP contribution in [0.15, 0.2) is 54.9 Å². The van der Waals surface area contributed by atoms with Gasteiger partial charge in [-0.3, -0.25) is 9.88 Å². The fourth-order valence-electron chi connectivity index (χ4n) is 5.12. The van der Waals surface area contributed by atoms with Crippen LogP contribution in [-0.2, 0) is 0 Å². The highest BCUT2D eigenvalue weighted by atomic mass is 19.1. The molecule has 1 atom stereocenters. The molecule has 2 aromatic heterocycles. The third-order valence-corrected chi connectivity index (χ3v) is 6.80. The van der Waals surface area contributed by atoms with E-state index < -0.39 is 5.82 Å². The number of anilines is 4. The zero-order valence-corrected chi connectivity index (χ0v) is 18.2. The van der Waals surface area contributed by atoms with Crippen molar-refractivity contribution in [2.75, 3.05) is 46.2 Å². The number of amides is 2. The minimum Gasteiger partial charge on any atom is -0.372 e. The zero-order valence-electron chi connectivity index (χ0n) is 18.2. The Morgan fingerprint density at radius 2 is 1.94 bits per heavy atom. The lowest BCUT2D eigenvalue weighted by atomic mass is 10.1. The molecule has 5 heterocycles. The number of hydrogen-bond donors (Lipinski definition) is 1. The number of nitrogens with one attached hydrogen (secondary N) is 1. The van der Waals surface area contributed by atoms with E-state index in [2.05, 4.69) is 50.4 Å². The molecule has 33 heavy (non-hydrogen) atoms. The van der Waals surface area contributed by atoms with Crippen LogP contribution in [0.5, 0.6) is 0 Å². The van der Waals surface area contributed by atoms with Gasteiger partial charge in [-0.05, 0) is 49.6 Å². The second-order valence-corrected chi connectivity index (χ2v) is 8.83. The molecule has 2 fully saturated rings. The molecular weight excluding hydrogens is 419 g/mol. The summed E-state index contributed by atoms with van der Waals surface area (Å²) in [6, 6.07) is 13.6. The molecule has 0 unspecified atom stereocenters. The largest absolute Gasteiger partial charge is 0.372 e. The van der Waals surface area contributed by atoms with Gasteiger partial charge in [0.2, 0.25) is 0 Å². The molecule has 2 saturated heterocycles.